The van der Waals surface area contributed by atoms with Crippen LogP contribution in [-0.4, -0.2) is 4.57 Å². The van der Waals surface area contributed by atoms with Crippen molar-refractivity contribution in [3.05, 3.63) is 70.1 Å². The van der Waals surface area contributed by atoms with Crippen LogP contribution in [0.5, 0.6) is 0 Å². The van der Waals surface area contributed by atoms with E-state index >= 15 is 0 Å². The van der Waals surface area contributed by atoms with Gasteiger partial charge in [-0.2, -0.15) is 13.2 Å². The topological polar surface area (TPSA) is 22.0 Å². The second-order valence-electron chi connectivity index (χ2n) is 3.87. The third-order valence-corrected chi connectivity index (χ3v) is 2.51. The minimum absolute atomic E-state index is 0.129. The highest BCUT2D eigenvalue weighted by Crippen LogP contribution is 2.28. The third kappa shape index (κ3) is 2.80. The predicted molar refractivity (Wildman–Crippen MR) is 61.2 cm³/mol. The quantitative estimate of drug-likeness (QED) is 0.806. The van der Waals surface area contributed by atoms with Crippen molar-refractivity contribution >= 4 is 0 Å². The number of alkyl halides is 3. The zero-order valence-corrected chi connectivity index (χ0v) is 9.32. The van der Waals surface area contributed by atoms with E-state index in [1.54, 1.807) is 30.3 Å². The molecule has 1 aromatic heterocycles. The molecule has 0 aliphatic rings. The van der Waals surface area contributed by atoms with Crippen LogP contribution >= 0.6 is 0 Å². The molecule has 0 amide bonds. The second kappa shape index (κ2) is 4.68. The first-order chi connectivity index (χ1) is 8.47. The van der Waals surface area contributed by atoms with Gasteiger partial charge in [-0.1, -0.05) is 30.3 Å². The molecule has 0 fully saturated rings. The highest BCUT2D eigenvalue weighted by Gasteiger charge is 2.30. The van der Waals surface area contributed by atoms with E-state index < -0.39 is 17.3 Å². The summed E-state index contributed by atoms with van der Waals surface area (Å²) < 4.78 is 38.6. The SMILES string of the molecule is O=c1ccc(C(F)(F)F)cn1Cc1ccccc1. The first kappa shape index (κ1) is 12.4. The van der Waals surface area contributed by atoms with E-state index in [2.05, 4.69) is 0 Å². The fourth-order valence-electron chi connectivity index (χ4n) is 1.60. The molecule has 1 aromatic carbocycles. The molecule has 0 bridgehead atoms. The Morgan fingerprint density at radius 3 is 2.28 bits per heavy atom. The summed E-state index contributed by atoms with van der Waals surface area (Å²) in [4.78, 5) is 11.5. The highest BCUT2D eigenvalue weighted by molar-refractivity contribution is 5.18. The van der Waals surface area contributed by atoms with Crippen molar-refractivity contribution in [2.75, 3.05) is 0 Å². The summed E-state index contributed by atoms with van der Waals surface area (Å²) in [6.45, 7) is 0.129. The molecule has 0 atom stereocenters. The minimum atomic E-state index is -4.44. The van der Waals surface area contributed by atoms with Crippen molar-refractivity contribution in [1.29, 1.82) is 0 Å². The molecule has 0 saturated carbocycles. The van der Waals surface area contributed by atoms with Gasteiger partial charge in [-0.25, -0.2) is 0 Å². The molecule has 0 radical (unpaired) electrons. The molecular formula is C13H10F3NO. The van der Waals surface area contributed by atoms with Gasteiger partial charge < -0.3 is 4.57 Å². The number of rotatable bonds is 2. The molecule has 5 heteroatoms. The zero-order chi connectivity index (χ0) is 13.2. The maximum atomic E-state index is 12.5. The number of hydrogen-bond acceptors (Lipinski definition) is 1. The standard InChI is InChI=1S/C13H10F3NO/c14-13(15,16)11-6-7-12(18)17(9-11)8-10-4-2-1-3-5-10/h1-7,9H,8H2. The van der Waals surface area contributed by atoms with E-state index in [-0.39, 0.29) is 6.54 Å². The Bertz CT molecular complexity index is 587. The average Bonchev–Trinajstić information content (AvgIpc) is 2.32. The molecule has 2 nitrogen and oxygen atoms in total. The van der Waals surface area contributed by atoms with E-state index in [9.17, 15) is 18.0 Å². The minimum Gasteiger partial charge on any atom is -0.311 e. The van der Waals surface area contributed by atoms with E-state index in [1.165, 1.54) is 0 Å². The van der Waals surface area contributed by atoms with Gasteiger partial charge in [-0.3, -0.25) is 4.79 Å². The van der Waals surface area contributed by atoms with Crippen molar-refractivity contribution in [2.24, 2.45) is 0 Å². The molecule has 94 valence electrons. The fraction of sp³-hybridized carbons (Fsp3) is 0.154. The van der Waals surface area contributed by atoms with Gasteiger partial charge in [0.1, 0.15) is 0 Å². The van der Waals surface area contributed by atoms with Crippen LogP contribution in [0.15, 0.2) is 53.5 Å². The van der Waals surface area contributed by atoms with Crippen LogP contribution in [0.2, 0.25) is 0 Å². The molecule has 2 rings (SSSR count). The number of aromatic nitrogens is 1. The Balaban J connectivity index is 2.36. The summed E-state index contributed by atoms with van der Waals surface area (Å²) >= 11 is 0. The zero-order valence-electron chi connectivity index (χ0n) is 9.32. The van der Waals surface area contributed by atoms with Gasteiger partial charge in [-0.15, -0.1) is 0 Å². The van der Waals surface area contributed by atoms with Crippen LogP contribution in [0.25, 0.3) is 0 Å². The summed E-state index contributed by atoms with van der Waals surface area (Å²) in [5.41, 5.74) is -0.496. The van der Waals surface area contributed by atoms with Gasteiger partial charge in [0.15, 0.2) is 0 Å². The number of pyridine rings is 1. The van der Waals surface area contributed by atoms with Gasteiger partial charge in [0, 0.05) is 12.3 Å². The number of benzene rings is 1. The molecule has 0 saturated heterocycles. The molecule has 0 aliphatic carbocycles. The monoisotopic (exact) mass is 253 g/mol. The van der Waals surface area contributed by atoms with Crippen molar-refractivity contribution in [3.8, 4) is 0 Å². The lowest BCUT2D eigenvalue weighted by Crippen LogP contribution is -2.21. The normalized spacial score (nSPS) is 11.5. The molecule has 0 N–H and O–H groups in total. The average molecular weight is 253 g/mol. The summed E-state index contributed by atoms with van der Waals surface area (Å²) in [6, 6.07) is 10.6. The van der Waals surface area contributed by atoms with Gasteiger partial charge in [0.25, 0.3) is 5.56 Å². The smallest absolute Gasteiger partial charge is 0.311 e. The lowest BCUT2D eigenvalue weighted by Gasteiger charge is -2.10. The predicted octanol–water partition coefficient (Wildman–Crippen LogP) is 2.92. The fourth-order valence-corrected chi connectivity index (χ4v) is 1.60. The van der Waals surface area contributed by atoms with E-state index in [1.807, 2.05) is 0 Å². The van der Waals surface area contributed by atoms with Gasteiger partial charge >= 0.3 is 6.18 Å². The molecule has 0 spiro atoms. The van der Waals surface area contributed by atoms with Crippen molar-refractivity contribution < 1.29 is 13.2 Å². The van der Waals surface area contributed by atoms with Crippen LogP contribution in [0.4, 0.5) is 13.2 Å². The largest absolute Gasteiger partial charge is 0.417 e. The van der Waals surface area contributed by atoms with Crippen LogP contribution in [0.3, 0.4) is 0 Å². The van der Waals surface area contributed by atoms with Crippen LogP contribution in [0.1, 0.15) is 11.1 Å². The Labute approximate surface area is 101 Å². The number of hydrogen-bond donors (Lipinski definition) is 0. The maximum Gasteiger partial charge on any atom is 0.417 e. The highest BCUT2D eigenvalue weighted by atomic mass is 19.4. The summed E-state index contributed by atoms with van der Waals surface area (Å²) in [6.07, 6.45) is -3.60. The molecule has 1 heterocycles. The second-order valence-corrected chi connectivity index (χ2v) is 3.87. The summed E-state index contributed by atoms with van der Waals surface area (Å²) in [7, 11) is 0. The van der Waals surface area contributed by atoms with Crippen molar-refractivity contribution in [1.82, 2.24) is 4.57 Å². The molecule has 2 aromatic rings. The summed E-state index contributed by atoms with van der Waals surface area (Å²) in [5, 5.41) is 0. The maximum absolute atomic E-state index is 12.5. The molecule has 0 aliphatic heterocycles. The van der Waals surface area contributed by atoms with Crippen LogP contribution in [0, 0.1) is 0 Å². The number of halogens is 3. The van der Waals surface area contributed by atoms with Crippen LogP contribution < -0.4 is 5.56 Å². The Morgan fingerprint density at radius 2 is 1.67 bits per heavy atom. The van der Waals surface area contributed by atoms with Gasteiger partial charge in [-0.05, 0) is 11.6 Å². The molecule has 0 unspecified atom stereocenters. The lowest BCUT2D eigenvalue weighted by atomic mass is 10.2. The first-order valence-electron chi connectivity index (χ1n) is 5.28. The number of nitrogens with zero attached hydrogens (tertiary/aromatic N) is 1. The first-order valence-corrected chi connectivity index (χ1v) is 5.28. The van der Waals surface area contributed by atoms with E-state index in [0.29, 0.717) is 0 Å². The molecular weight excluding hydrogens is 243 g/mol. The molecule has 18 heavy (non-hydrogen) atoms. The van der Waals surface area contributed by atoms with Gasteiger partial charge in [0.2, 0.25) is 0 Å². The summed E-state index contributed by atoms with van der Waals surface area (Å²) in [5.74, 6) is 0. The van der Waals surface area contributed by atoms with Crippen LogP contribution in [-0.2, 0) is 12.7 Å². The van der Waals surface area contributed by atoms with Crippen molar-refractivity contribution in [2.45, 2.75) is 12.7 Å². The Morgan fingerprint density at radius 1 is 1.00 bits per heavy atom. The van der Waals surface area contributed by atoms with E-state index in [4.69, 9.17) is 0 Å². The Hall–Kier alpha value is -2.04. The van der Waals surface area contributed by atoms with Crippen molar-refractivity contribution in [3.63, 3.8) is 0 Å². The lowest BCUT2D eigenvalue weighted by molar-refractivity contribution is -0.138. The van der Waals surface area contributed by atoms with Gasteiger partial charge in [0.05, 0.1) is 12.1 Å². The Kier molecular flexibility index (Phi) is 3.23. The van der Waals surface area contributed by atoms with E-state index in [0.717, 1.165) is 28.5 Å². The third-order valence-electron chi connectivity index (χ3n) is 2.51.